The Morgan fingerprint density at radius 3 is 2.30 bits per heavy atom. The molecule has 0 N–H and O–H groups in total. The van der Waals surface area contributed by atoms with Crippen LogP contribution in [0, 0.1) is 36.4 Å². The third-order valence-electron chi connectivity index (χ3n) is 2.76. The molecule has 0 radical (unpaired) electrons. The number of hydrogen-bond donors (Lipinski definition) is 0. The van der Waals surface area contributed by atoms with Crippen LogP contribution in [-0.4, -0.2) is 18.3 Å². The van der Waals surface area contributed by atoms with Crippen LogP contribution in [0.1, 0.15) is 16.7 Å². The van der Waals surface area contributed by atoms with E-state index in [0.717, 1.165) is 5.56 Å². The normalized spacial score (nSPS) is 11.6. The van der Waals surface area contributed by atoms with Gasteiger partial charge in [-0.15, -0.1) is 0 Å². The first-order valence-corrected chi connectivity index (χ1v) is 7.89. The lowest BCUT2D eigenvalue weighted by Gasteiger charge is -2.14. The van der Waals surface area contributed by atoms with Gasteiger partial charge in [-0.25, -0.2) is 19.8 Å². The van der Waals surface area contributed by atoms with Gasteiger partial charge in [0.2, 0.25) is 5.82 Å². The molecule has 0 aliphatic carbocycles. The van der Waals surface area contributed by atoms with Gasteiger partial charge < -0.3 is 10.1 Å². The van der Waals surface area contributed by atoms with Crippen molar-refractivity contribution in [1.82, 2.24) is 4.98 Å². The molecule has 20 heavy (non-hydrogen) atoms. The van der Waals surface area contributed by atoms with Gasteiger partial charge in [-0.05, 0) is 31.9 Å². The first-order valence-electron chi connectivity index (χ1n) is 5.59. The Labute approximate surface area is 120 Å². The summed E-state index contributed by atoms with van der Waals surface area (Å²) in [6, 6.07) is 3.47. The van der Waals surface area contributed by atoms with Crippen molar-refractivity contribution in [2.45, 2.75) is 29.9 Å². The molecule has 0 spiro atoms. The van der Waals surface area contributed by atoms with Gasteiger partial charge in [-0.3, -0.25) is 0 Å². The SMILES string of the molecule is Cc1cc(C)c(S(=O)(=O)c2s[c-]nc2[N+](=O)[O-])c(C)c1. The zero-order valence-corrected chi connectivity index (χ0v) is 12.6. The number of nitrogens with zero attached hydrogens (tertiary/aromatic N) is 2. The lowest BCUT2D eigenvalue weighted by Crippen LogP contribution is -2.07. The third kappa shape index (κ3) is 2.32. The molecule has 1 aromatic heterocycles. The molecule has 0 saturated heterocycles. The monoisotopic (exact) mass is 311 g/mol. The molecule has 0 saturated carbocycles. The summed E-state index contributed by atoms with van der Waals surface area (Å²) in [5.74, 6) is -0.672. The van der Waals surface area contributed by atoms with Gasteiger partial charge in [-0.1, -0.05) is 22.6 Å². The minimum Gasteiger partial charge on any atom is -0.371 e. The smallest absolute Gasteiger partial charge is 0.239 e. The molecular weight excluding hydrogens is 300 g/mol. The van der Waals surface area contributed by atoms with Crippen molar-refractivity contribution in [2.24, 2.45) is 0 Å². The van der Waals surface area contributed by atoms with Crippen LogP contribution < -0.4 is 0 Å². The summed E-state index contributed by atoms with van der Waals surface area (Å²) in [5.41, 5.74) is 4.33. The molecule has 0 atom stereocenters. The van der Waals surface area contributed by atoms with Gasteiger partial charge in [-0.2, -0.15) is 4.98 Å². The minimum atomic E-state index is -3.97. The van der Waals surface area contributed by atoms with Crippen molar-refractivity contribution in [3.8, 4) is 0 Å². The molecule has 2 aromatic rings. The number of benzene rings is 1. The van der Waals surface area contributed by atoms with E-state index in [0.29, 0.717) is 22.5 Å². The molecule has 0 aliphatic heterocycles. The number of aromatic nitrogens is 1. The standard InChI is InChI=1S/C12H11N2O4S2/c1-7-4-8(2)10(9(3)5-7)20(17,18)12-11(14(15)16)13-6-19-12/h4-5H,1-3H3/q-1. The molecule has 0 aliphatic rings. The molecule has 8 heteroatoms. The van der Waals surface area contributed by atoms with Crippen LogP contribution in [0.15, 0.2) is 21.2 Å². The maximum atomic E-state index is 12.6. The average Bonchev–Trinajstić information content (AvgIpc) is 2.75. The molecule has 1 heterocycles. The number of hydrogen-bond acceptors (Lipinski definition) is 6. The van der Waals surface area contributed by atoms with Crippen molar-refractivity contribution >= 4 is 27.0 Å². The molecule has 0 unspecified atom stereocenters. The fourth-order valence-electron chi connectivity index (χ4n) is 2.17. The fourth-order valence-corrected chi connectivity index (χ4v) is 4.91. The van der Waals surface area contributed by atoms with Crippen LogP contribution in [0.4, 0.5) is 5.82 Å². The van der Waals surface area contributed by atoms with Gasteiger partial charge in [0.05, 0.1) is 9.10 Å². The topological polar surface area (TPSA) is 90.2 Å². The lowest BCUT2D eigenvalue weighted by atomic mass is 10.1. The van der Waals surface area contributed by atoms with Gasteiger partial charge in [0.15, 0.2) is 9.84 Å². The Balaban J connectivity index is 2.74. The number of rotatable bonds is 3. The minimum absolute atomic E-state index is 0.101. The van der Waals surface area contributed by atoms with Crippen molar-refractivity contribution < 1.29 is 13.3 Å². The van der Waals surface area contributed by atoms with Crippen LogP contribution in [0.5, 0.6) is 0 Å². The molecular formula is C12H11N2O4S2-. The van der Waals surface area contributed by atoms with Gasteiger partial charge in [0, 0.05) is 0 Å². The van der Waals surface area contributed by atoms with Crippen molar-refractivity contribution in [3.05, 3.63) is 44.4 Å². The van der Waals surface area contributed by atoms with E-state index in [1.165, 1.54) is 0 Å². The third-order valence-corrected chi connectivity index (χ3v) is 6.07. The van der Waals surface area contributed by atoms with Crippen LogP contribution in [0.2, 0.25) is 0 Å². The second-order valence-corrected chi connectivity index (χ2v) is 7.28. The fraction of sp³-hybridized carbons (Fsp3) is 0.250. The van der Waals surface area contributed by atoms with Gasteiger partial charge in [0.25, 0.3) is 0 Å². The second-order valence-electron chi connectivity index (χ2n) is 4.40. The molecule has 0 amide bonds. The van der Waals surface area contributed by atoms with E-state index in [9.17, 15) is 18.5 Å². The molecule has 6 nitrogen and oxygen atoms in total. The van der Waals surface area contributed by atoms with Crippen LogP contribution in [0.25, 0.3) is 0 Å². The van der Waals surface area contributed by atoms with Crippen LogP contribution in [0.3, 0.4) is 0 Å². The highest BCUT2D eigenvalue weighted by molar-refractivity contribution is 7.93. The Bertz CT molecular complexity index is 771. The van der Waals surface area contributed by atoms with E-state index in [4.69, 9.17) is 0 Å². The summed E-state index contributed by atoms with van der Waals surface area (Å²) in [7, 11) is -3.97. The summed E-state index contributed by atoms with van der Waals surface area (Å²) in [5, 5.41) is 10.9. The Kier molecular flexibility index (Phi) is 3.61. The predicted molar refractivity (Wildman–Crippen MR) is 73.7 cm³/mol. The Hall–Kier alpha value is -1.80. The van der Waals surface area contributed by atoms with Crippen LogP contribution in [-0.2, 0) is 9.84 Å². The maximum absolute atomic E-state index is 12.6. The van der Waals surface area contributed by atoms with E-state index < -0.39 is 20.6 Å². The van der Waals surface area contributed by atoms with Crippen molar-refractivity contribution in [1.29, 1.82) is 0 Å². The highest BCUT2D eigenvalue weighted by Crippen LogP contribution is 2.34. The zero-order chi connectivity index (χ0) is 15.1. The number of thiazole rings is 1. The quantitative estimate of drug-likeness (QED) is 0.493. The predicted octanol–water partition coefficient (Wildman–Crippen LogP) is 2.61. The van der Waals surface area contributed by atoms with E-state index in [-0.39, 0.29) is 9.10 Å². The van der Waals surface area contributed by atoms with E-state index >= 15 is 0 Å². The molecule has 0 fully saturated rings. The van der Waals surface area contributed by atoms with E-state index in [2.05, 4.69) is 10.5 Å². The summed E-state index contributed by atoms with van der Waals surface area (Å²) in [6.07, 6.45) is 0. The number of sulfone groups is 1. The molecule has 2 rings (SSSR count). The first kappa shape index (κ1) is 14.6. The number of aryl methyl sites for hydroxylation is 3. The highest BCUT2D eigenvalue weighted by Gasteiger charge is 2.25. The zero-order valence-electron chi connectivity index (χ0n) is 11.0. The molecule has 1 aromatic carbocycles. The Morgan fingerprint density at radius 1 is 1.25 bits per heavy atom. The summed E-state index contributed by atoms with van der Waals surface area (Å²) >= 11 is 0.636. The highest BCUT2D eigenvalue weighted by atomic mass is 32.2. The van der Waals surface area contributed by atoms with Gasteiger partial charge in [0.1, 0.15) is 5.51 Å². The largest absolute Gasteiger partial charge is 0.371 e. The van der Waals surface area contributed by atoms with E-state index in [1.807, 2.05) is 6.92 Å². The maximum Gasteiger partial charge on any atom is 0.239 e. The molecule has 106 valence electrons. The summed E-state index contributed by atoms with van der Waals surface area (Å²) in [6.45, 7) is 5.20. The molecule has 0 bridgehead atoms. The number of nitro groups is 1. The second kappa shape index (κ2) is 4.95. The summed E-state index contributed by atoms with van der Waals surface area (Å²) < 4.78 is 24.9. The first-order chi connectivity index (χ1) is 9.25. The van der Waals surface area contributed by atoms with Crippen molar-refractivity contribution in [2.75, 3.05) is 0 Å². The summed E-state index contributed by atoms with van der Waals surface area (Å²) in [4.78, 5) is 13.5. The Morgan fingerprint density at radius 2 is 1.80 bits per heavy atom. The van der Waals surface area contributed by atoms with Crippen LogP contribution >= 0.6 is 11.3 Å². The lowest BCUT2D eigenvalue weighted by molar-refractivity contribution is -0.391. The average molecular weight is 311 g/mol. The van der Waals surface area contributed by atoms with Gasteiger partial charge >= 0.3 is 0 Å². The van der Waals surface area contributed by atoms with Crippen molar-refractivity contribution in [3.63, 3.8) is 0 Å². The van der Waals surface area contributed by atoms with E-state index in [1.54, 1.807) is 26.0 Å².